The number of piperidine rings is 1. The van der Waals surface area contributed by atoms with Crippen LogP contribution in [0.4, 0.5) is 19.0 Å². The third kappa shape index (κ3) is 4.02. The summed E-state index contributed by atoms with van der Waals surface area (Å²) in [5, 5.41) is 0. The lowest BCUT2D eigenvalue weighted by atomic mass is 10.0. The van der Waals surface area contributed by atoms with E-state index in [-0.39, 0.29) is 6.04 Å². The lowest BCUT2D eigenvalue weighted by Crippen LogP contribution is -2.46. The molecule has 2 aromatic rings. The molecule has 0 bridgehead atoms. The molecule has 5 rings (SSSR count). The maximum absolute atomic E-state index is 13.1. The van der Waals surface area contributed by atoms with Gasteiger partial charge in [0.25, 0.3) is 0 Å². The van der Waals surface area contributed by atoms with Gasteiger partial charge in [0.1, 0.15) is 30.3 Å². The van der Waals surface area contributed by atoms with Gasteiger partial charge in [0.2, 0.25) is 0 Å². The fourth-order valence-corrected chi connectivity index (χ4v) is 4.54. The van der Waals surface area contributed by atoms with Crippen LogP contribution in [-0.2, 0) is 30.6 Å². The highest BCUT2D eigenvalue weighted by atomic mass is 19.4. The van der Waals surface area contributed by atoms with Crippen molar-refractivity contribution in [2.75, 3.05) is 24.6 Å². The first kappa shape index (κ1) is 19.7. The van der Waals surface area contributed by atoms with Gasteiger partial charge in [-0.15, -0.1) is 0 Å². The summed E-state index contributed by atoms with van der Waals surface area (Å²) in [6, 6.07) is 1.60. The van der Waals surface area contributed by atoms with Gasteiger partial charge in [-0.3, -0.25) is 4.90 Å². The van der Waals surface area contributed by atoms with Crippen molar-refractivity contribution in [2.24, 2.45) is 0 Å². The monoisotopic (exact) mass is 422 g/mol. The first-order valence-electron chi connectivity index (χ1n) is 10.5. The number of aromatic nitrogens is 4. The lowest BCUT2D eigenvalue weighted by Gasteiger charge is -2.39. The second kappa shape index (κ2) is 7.81. The quantitative estimate of drug-likeness (QED) is 0.739. The van der Waals surface area contributed by atoms with Crippen molar-refractivity contribution in [3.05, 3.63) is 35.8 Å². The Morgan fingerprint density at radius 3 is 2.53 bits per heavy atom. The largest absolute Gasteiger partial charge is 0.433 e. The lowest BCUT2D eigenvalue weighted by molar-refractivity contribution is -0.141. The number of likely N-dealkylation sites (tertiary alicyclic amines) is 1. The molecule has 0 aromatic carbocycles. The minimum atomic E-state index is -4.45. The molecule has 2 aromatic heterocycles. The summed E-state index contributed by atoms with van der Waals surface area (Å²) in [7, 11) is 0. The van der Waals surface area contributed by atoms with Crippen LogP contribution in [0.2, 0.25) is 0 Å². The minimum Gasteiger partial charge on any atom is -0.372 e. The number of halogens is 3. The highest BCUT2D eigenvalue weighted by Crippen LogP contribution is 2.37. The minimum absolute atomic E-state index is 0.206. The van der Waals surface area contributed by atoms with Gasteiger partial charge in [-0.2, -0.15) is 13.2 Å². The molecule has 2 fully saturated rings. The maximum atomic E-state index is 13.1. The van der Waals surface area contributed by atoms with E-state index < -0.39 is 11.9 Å². The number of nitrogens with zero attached hydrogens (tertiary/aromatic N) is 6. The standard InChI is InChI=1S/C20H25F3N6O/c21-20(22,23)17-9-18(26-13-25-17)29(14-1-2-14)15-3-5-27(6-4-15)11-16-10-24-19-12-30-8-7-28(16)19/h9-10,13-15H,1-8,11-12H2. The normalized spacial score (nSPS) is 20.9. The summed E-state index contributed by atoms with van der Waals surface area (Å²) in [4.78, 5) is 16.6. The molecule has 3 aliphatic rings. The van der Waals surface area contributed by atoms with Gasteiger partial charge in [-0.05, 0) is 25.7 Å². The Hall–Kier alpha value is -2.20. The van der Waals surface area contributed by atoms with Crippen molar-refractivity contribution in [2.45, 2.75) is 63.6 Å². The Balaban J connectivity index is 1.25. The third-order valence-electron chi connectivity index (χ3n) is 6.20. The maximum Gasteiger partial charge on any atom is 0.433 e. The molecule has 30 heavy (non-hydrogen) atoms. The molecule has 1 saturated heterocycles. The molecule has 0 radical (unpaired) electrons. The third-order valence-corrected chi connectivity index (χ3v) is 6.20. The van der Waals surface area contributed by atoms with Gasteiger partial charge in [-0.25, -0.2) is 15.0 Å². The number of hydrogen-bond donors (Lipinski definition) is 0. The van der Waals surface area contributed by atoms with Crippen molar-refractivity contribution >= 4 is 5.82 Å². The van der Waals surface area contributed by atoms with E-state index in [1.165, 1.54) is 5.69 Å². The van der Waals surface area contributed by atoms with Crippen molar-refractivity contribution < 1.29 is 17.9 Å². The number of hydrogen-bond acceptors (Lipinski definition) is 6. The first-order valence-corrected chi connectivity index (χ1v) is 10.5. The topological polar surface area (TPSA) is 59.3 Å². The number of ether oxygens (including phenoxy) is 1. The van der Waals surface area contributed by atoms with Gasteiger partial charge in [-0.1, -0.05) is 0 Å². The zero-order valence-corrected chi connectivity index (χ0v) is 16.7. The molecule has 7 nitrogen and oxygen atoms in total. The van der Waals surface area contributed by atoms with Crippen molar-refractivity contribution in [1.29, 1.82) is 0 Å². The van der Waals surface area contributed by atoms with Crippen LogP contribution in [0, 0.1) is 0 Å². The summed E-state index contributed by atoms with van der Waals surface area (Å²) >= 11 is 0. The number of alkyl halides is 3. The molecule has 0 atom stereocenters. The van der Waals surface area contributed by atoms with E-state index >= 15 is 0 Å². The SMILES string of the molecule is FC(F)(F)c1cc(N(C2CC2)C2CCN(Cc3cnc4n3CCOC4)CC2)ncn1. The van der Waals surface area contributed by atoms with Crippen LogP contribution >= 0.6 is 0 Å². The summed E-state index contributed by atoms with van der Waals surface area (Å²) in [6.07, 6.45) is 2.36. The molecule has 2 aliphatic heterocycles. The predicted octanol–water partition coefficient (Wildman–Crippen LogP) is 2.86. The summed E-state index contributed by atoms with van der Waals surface area (Å²) in [5.74, 6) is 1.39. The van der Waals surface area contributed by atoms with Crippen LogP contribution in [0.25, 0.3) is 0 Å². The van der Waals surface area contributed by atoms with E-state index in [9.17, 15) is 13.2 Å². The number of imidazole rings is 1. The van der Waals surface area contributed by atoms with Crippen molar-refractivity contribution in [3.8, 4) is 0 Å². The molecule has 1 saturated carbocycles. The molecular weight excluding hydrogens is 397 g/mol. The van der Waals surface area contributed by atoms with E-state index in [4.69, 9.17) is 4.74 Å². The Morgan fingerprint density at radius 1 is 1.03 bits per heavy atom. The average molecular weight is 422 g/mol. The van der Waals surface area contributed by atoms with Gasteiger partial charge in [0, 0.05) is 50.5 Å². The van der Waals surface area contributed by atoms with Crippen LogP contribution in [-0.4, -0.2) is 56.2 Å². The van der Waals surface area contributed by atoms with E-state index in [1.807, 2.05) is 6.20 Å². The molecule has 0 N–H and O–H groups in total. The van der Waals surface area contributed by atoms with Gasteiger partial charge < -0.3 is 14.2 Å². The smallest absolute Gasteiger partial charge is 0.372 e. The van der Waals surface area contributed by atoms with E-state index in [0.29, 0.717) is 25.1 Å². The second-order valence-electron chi connectivity index (χ2n) is 8.27. The van der Waals surface area contributed by atoms with Crippen molar-refractivity contribution in [3.63, 3.8) is 0 Å². The number of fused-ring (bicyclic) bond motifs is 1. The molecule has 4 heterocycles. The van der Waals surface area contributed by atoms with E-state index in [2.05, 4.69) is 29.3 Å². The summed E-state index contributed by atoms with van der Waals surface area (Å²) in [6.45, 7) is 4.77. The zero-order valence-electron chi connectivity index (χ0n) is 16.7. The molecule has 0 spiro atoms. The highest BCUT2D eigenvalue weighted by molar-refractivity contribution is 5.44. The molecule has 0 amide bonds. The van der Waals surface area contributed by atoms with Crippen LogP contribution in [0.5, 0.6) is 0 Å². The van der Waals surface area contributed by atoms with Crippen LogP contribution < -0.4 is 4.90 Å². The highest BCUT2D eigenvalue weighted by Gasteiger charge is 2.39. The average Bonchev–Trinajstić information content (AvgIpc) is 3.50. The summed E-state index contributed by atoms with van der Waals surface area (Å²) in [5.41, 5.74) is 0.335. The van der Waals surface area contributed by atoms with Crippen molar-refractivity contribution in [1.82, 2.24) is 24.4 Å². The Bertz CT molecular complexity index is 889. The second-order valence-corrected chi connectivity index (χ2v) is 8.27. The van der Waals surface area contributed by atoms with Gasteiger partial charge in [0.05, 0.1) is 12.3 Å². The van der Waals surface area contributed by atoms with Crippen LogP contribution in [0.3, 0.4) is 0 Å². The number of rotatable bonds is 5. The Labute approximate surface area is 172 Å². The molecule has 1 aliphatic carbocycles. The fraction of sp³-hybridized carbons (Fsp3) is 0.650. The van der Waals surface area contributed by atoms with E-state index in [1.54, 1.807) is 0 Å². The number of anilines is 1. The molecular formula is C20H25F3N6O. The van der Waals surface area contributed by atoms with Crippen LogP contribution in [0.15, 0.2) is 18.6 Å². The van der Waals surface area contributed by atoms with E-state index in [0.717, 1.165) is 70.1 Å². The fourth-order valence-electron chi connectivity index (χ4n) is 4.54. The first-order chi connectivity index (χ1) is 14.5. The van der Waals surface area contributed by atoms with Gasteiger partial charge in [0.15, 0.2) is 0 Å². The zero-order chi connectivity index (χ0) is 20.7. The molecule has 10 heteroatoms. The van der Waals surface area contributed by atoms with Crippen LogP contribution in [0.1, 0.15) is 42.9 Å². The summed E-state index contributed by atoms with van der Waals surface area (Å²) < 4.78 is 47.0. The Kier molecular flexibility index (Phi) is 5.14. The predicted molar refractivity (Wildman–Crippen MR) is 103 cm³/mol. The van der Waals surface area contributed by atoms with Gasteiger partial charge >= 0.3 is 6.18 Å². The molecule has 0 unspecified atom stereocenters. The Morgan fingerprint density at radius 2 is 1.80 bits per heavy atom. The molecule has 162 valence electrons.